The molecule has 204 valence electrons. The lowest BCUT2D eigenvalue weighted by Gasteiger charge is -2.26. The molecule has 38 heavy (non-hydrogen) atoms. The van der Waals surface area contributed by atoms with Gasteiger partial charge in [0.05, 0.1) is 19.7 Å². The first-order valence-corrected chi connectivity index (χ1v) is 13.6. The van der Waals surface area contributed by atoms with Gasteiger partial charge < -0.3 is 19.5 Å². The van der Waals surface area contributed by atoms with Crippen LogP contribution in [0.25, 0.3) is 10.9 Å². The predicted octanol–water partition coefficient (Wildman–Crippen LogP) is 8.10. The molecule has 1 saturated heterocycles. The summed E-state index contributed by atoms with van der Waals surface area (Å²) in [5.74, 6) is 3.45. The summed E-state index contributed by atoms with van der Waals surface area (Å²) in [5.41, 5.74) is 3.38. The fourth-order valence-corrected chi connectivity index (χ4v) is 4.83. The van der Waals surface area contributed by atoms with Crippen molar-refractivity contribution in [3.8, 4) is 17.2 Å². The topological polar surface area (TPSA) is 52.6 Å². The van der Waals surface area contributed by atoms with Crippen LogP contribution in [0.3, 0.4) is 0 Å². The first-order valence-electron chi connectivity index (χ1n) is 13.6. The fraction of sp³-hybridized carbons (Fsp3) is 0.424. The van der Waals surface area contributed by atoms with Gasteiger partial charge in [-0.05, 0) is 101 Å². The summed E-state index contributed by atoms with van der Waals surface area (Å²) in [6, 6.07) is 5.66. The Morgan fingerprint density at radius 1 is 1.16 bits per heavy atom. The zero-order valence-corrected chi connectivity index (χ0v) is 24.0. The van der Waals surface area contributed by atoms with E-state index in [0.29, 0.717) is 17.4 Å². The van der Waals surface area contributed by atoms with Gasteiger partial charge in [-0.15, -0.1) is 0 Å². The molecule has 2 aromatic rings. The van der Waals surface area contributed by atoms with Crippen LogP contribution in [0.4, 0.5) is 0 Å². The molecule has 1 aromatic heterocycles. The average molecular weight is 517 g/mol. The van der Waals surface area contributed by atoms with Crippen molar-refractivity contribution in [2.45, 2.75) is 65.3 Å². The van der Waals surface area contributed by atoms with Crippen LogP contribution < -0.4 is 19.5 Å². The molecule has 2 heterocycles. The molecule has 1 aliphatic heterocycles. The van der Waals surface area contributed by atoms with Gasteiger partial charge in [-0.2, -0.15) is 0 Å². The van der Waals surface area contributed by atoms with Gasteiger partial charge in [0.2, 0.25) is 0 Å². The number of hydrogen-bond donors (Lipinski definition) is 1. The number of methoxy groups -OCH3 is 2. The third-order valence-electron chi connectivity index (χ3n) is 7.36. The summed E-state index contributed by atoms with van der Waals surface area (Å²) >= 11 is 0. The van der Waals surface area contributed by atoms with Gasteiger partial charge in [0, 0.05) is 23.2 Å². The molecule has 1 N–H and O–H groups in total. The van der Waals surface area contributed by atoms with Crippen LogP contribution in [0.2, 0.25) is 0 Å². The van der Waals surface area contributed by atoms with Gasteiger partial charge in [-0.25, -0.2) is 0 Å². The van der Waals surface area contributed by atoms with Crippen LogP contribution in [0.5, 0.6) is 17.2 Å². The van der Waals surface area contributed by atoms with Crippen molar-refractivity contribution in [1.82, 2.24) is 10.3 Å². The summed E-state index contributed by atoms with van der Waals surface area (Å²) in [5, 5.41) is 4.65. The molecule has 0 bridgehead atoms. The molecule has 0 amide bonds. The minimum absolute atomic E-state index is 0.0973. The minimum atomic E-state index is -0.0973. The van der Waals surface area contributed by atoms with Crippen LogP contribution >= 0.6 is 0 Å². The smallest absolute Gasteiger partial charge is 0.162 e. The standard InChI is InChI=1S/C33H44N2O3/c1-8-11-12-26(24(4)9-2)21-25-13-17-33(5,35-20-15-25)18-14-27(10-3)38-30-16-19-34-29-23-32(37-7)31(36-6)22-28(29)30/h9-12,14,16,18-19,22-23,25,35H,2,8,13,15,17,20-21H2,1,3-7H3/b12-11-,18-14-,26-24-,27-10+. The Kier molecular flexibility index (Phi) is 10.8. The second-order valence-corrected chi connectivity index (χ2v) is 10.1. The van der Waals surface area contributed by atoms with Gasteiger partial charge in [0.25, 0.3) is 0 Å². The highest BCUT2D eigenvalue weighted by atomic mass is 16.5. The summed E-state index contributed by atoms with van der Waals surface area (Å²) < 4.78 is 17.3. The van der Waals surface area contributed by atoms with Gasteiger partial charge in [0.1, 0.15) is 11.5 Å². The molecule has 1 fully saturated rings. The number of allylic oxidation sites excluding steroid dienone is 7. The Balaban J connectivity index is 1.73. The van der Waals surface area contributed by atoms with Gasteiger partial charge >= 0.3 is 0 Å². The molecule has 1 aliphatic rings. The van der Waals surface area contributed by atoms with E-state index in [-0.39, 0.29) is 5.54 Å². The predicted molar refractivity (Wildman–Crippen MR) is 159 cm³/mol. The first-order chi connectivity index (χ1) is 18.4. The maximum absolute atomic E-state index is 6.35. The van der Waals surface area contributed by atoms with Crippen molar-refractivity contribution in [2.75, 3.05) is 20.8 Å². The zero-order valence-electron chi connectivity index (χ0n) is 24.0. The number of rotatable bonds is 11. The Morgan fingerprint density at radius 2 is 1.92 bits per heavy atom. The van der Waals surface area contributed by atoms with Gasteiger partial charge in [-0.1, -0.05) is 37.8 Å². The van der Waals surface area contributed by atoms with E-state index >= 15 is 0 Å². The number of nitrogens with one attached hydrogen (secondary N) is 1. The molecule has 1 aromatic carbocycles. The summed E-state index contributed by atoms with van der Waals surface area (Å²) in [6.45, 7) is 13.6. The van der Waals surface area contributed by atoms with E-state index in [9.17, 15) is 0 Å². The van der Waals surface area contributed by atoms with Crippen molar-refractivity contribution in [1.29, 1.82) is 0 Å². The molecular weight excluding hydrogens is 472 g/mol. The first kappa shape index (κ1) is 29.2. The Labute approximate surface area is 229 Å². The maximum Gasteiger partial charge on any atom is 0.162 e. The Morgan fingerprint density at radius 3 is 2.61 bits per heavy atom. The van der Waals surface area contributed by atoms with Crippen molar-refractivity contribution < 1.29 is 14.2 Å². The lowest BCUT2D eigenvalue weighted by Crippen LogP contribution is -2.39. The molecule has 0 saturated carbocycles. The van der Waals surface area contributed by atoms with Crippen molar-refractivity contribution in [3.05, 3.63) is 84.3 Å². The lowest BCUT2D eigenvalue weighted by molar-refractivity contribution is 0.355. The molecule has 0 aliphatic carbocycles. The van der Waals surface area contributed by atoms with Crippen molar-refractivity contribution in [3.63, 3.8) is 0 Å². The molecule has 2 atom stereocenters. The Hall–Kier alpha value is -3.31. The third-order valence-corrected chi connectivity index (χ3v) is 7.36. The van der Waals surface area contributed by atoms with Crippen LogP contribution in [-0.4, -0.2) is 31.3 Å². The highest BCUT2D eigenvalue weighted by Crippen LogP contribution is 2.36. The normalized spacial score (nSPS) is 21.4. The molecule has 0 radical (unpaired) electrons. The quantitative estimate of drug-likeness (QED) is 0.242. The zero-order chi connectivity index (χ0) is 27.5. The van der Waals surface area contributed by atoms with Crippen LogP contribution in [0.1, 0.15) is 59.8 Å². The van der Waals surface area contributed by atoms with E-state index in [1.54, 1.807) is 20.4 Å². The van der Waals surface area contributed by atoms with Crippen LogP contribution in [-0.2, 0) is 0 Å². The third kappa shape index (κ3) is 7.61. The molecule has 0 spiro atoms. The summed E-state index contributed by atoms with van der Waals surface area (Å²) in [7, 11) is 3.25. The largest absolute Gasteiger partial charge is 0.493 e. The number of benzene rings is 1. The highest BCUT2D eigenvalue weighted by Gasteiger charge is 2.26. The van der Waals surface area contributed by atoms with Crippen molar-refractivity contribution in [2.24, 2.45) is 5.92 Å². The van der Waals surface area contributed by atoms with E-state index in [1.165, 1.54) is 24.0 Å². The van der Waals surface area contributed by atoms with Crippen LogP contribution in [0.15, 0.2) is 84.3 Å². The highest BCUT2D eigenvalue weighted by molar-refractivity contribution is 5.88. The molecule has 2 unspecified atom stereocenters. The molecule has 3 rings (SSSR count). The van der Waals surface area contributed by atoms with Crippen molar-refractivity contribution >= 4 is 10.9 Å². The van der Waals surface area contributed by atoms with Crippen LogP contribution in [0, 0.1) is 5.92 Å². The Bertz CT molecular complexity index is 1220. The second-order valence-electron chi connectivity index (χ2n) is 10.1. The SMILES string of the molecule is C=C/C(C)=C(/C=C\CC)CC1CCNC(C)(/C=C\C(=C/C)Oc2ccnc3cc(OC)c(OC)cc23)CC1. The number of pyridine rings is 1. The van der Waals surface area contributed by atoms with E-state index in [0.717, 1.165) is 48.2 Å². The maximum atomic E-state index is 6.35. The monoisotopic (exact) mass is 516 g/mol. The number of hydrogen-bond acceptors (Lipinski definition) is 5. The number of ether oxygens (including phenoxy) is 3. The number of nitrogens with zero attached hydrogens (tertiary/aromatic N) is 1. The minimum Gasteiger partial charge on any atom is -0.493 e. The van der Waals surface area contributed by atoms with E-state index in [4.69, 9.17) is 14.2 Å². The second kappa shape index (κ2) is 14.0. The molecular formula is C33H44N2O3. The summed E-state index contributed by atoms with van der Waals surface area (Å²) in [6.07, 6.45) is 20.1. The molecule has 5 heteroatoms. The summed E-state index contributed by atoms with van der Waals surface area (Å²) in [4.78, 5) is 4.48. The number of aromatic nitrogens is 1. The number of fused-ring (bicyclic) bond motifs is 1. The van der Waals surface area contributed by atoms with E-state index in [1.807, 2.05) is 37.3 Å². The molecule has 5 nitrogen and oxygen atoms in total. The van der Waals surface area contributed by atoms with Gasteiger partial charge in [-0.3, -0.25) is 4.98 Å². The average Bonchev–Trinajstić information content (AvgIpc) is 3.13. The fourth-order valence-electron chi connectivity index (χ4n) is 4.83. The van der Waals surface area contributed by atoms with E-state index < -0.39 is 0 Å². The lowest BCUT2D eigenvalue weighted by atomic mass is 9.87. The van der Waals surface area contributed by atoms with E-state index in [2.05, 4.69) is 62.0 Å². The van der Waals surface area contributed by atoms with Gasteiger partial charge in [0.15, 0.2) is 11.5 Å².